The fourth-order valence-corrected chi connectivity index (χ4v) is 3.36. The summed E-state index contributed by atoms with van der Waals surface area (Å²) in [5.74, 6) is 2.60. The van der Waals surface area contributed by atoms with Gasteiger partial charge < -0.3 is 5.32 Å². The second-order valence-corrected chi connectivity index (χ2v) is 8.09. The molecule has 0 aromatic carbocycles. The molecule has 1 heteroatoms. The highest BCUT2D eigenvalue weighted by Gasteiger charge is 2.53. The van der Waals surface area contributed by atoms with Gasteiger partial charge in [-0.3, -0.25) is 0 Å². The molecule has 0 spiro atoms. The Kier molecular flexibility index (Phi) is 4.68. The van der Waals surface area contributed by atoms with Crippen molar-refractivity contribution in [3.8, 4) is 0 Å². The molecule has 1 fully saturated rings. The van der Waals surface area contributed by atoms with Crippen molar-refractivity contribution >= 4 is 0 Å². The maximum Gasteiger partial charge on any atom is 0.00966 e. The molecule has 0 amide bonds. The fraction of sp³-hybridized carbons (Fsp3) is 1.00. The van der Waals surface area contributed by atoms with Crippen LogP contribution in [0.25, 0.3) is 0 Å². The van der Waals surface area contributed by atoms with Crippen LogP contribution in [0.5, 0.6) is 0 Å². The highest BCUT2D eigenvalue weighted by molar-refractivity contribution is 5.04. The molecule has 0 heterocycles. The van der Waals surface area contributed by atoms with E-state index >= 15 is 0 Å². The van der Waals surface area contributed by atoms with E-state index in [1.807, 2.05) is 0 Å². The minimum atomic E-state index is 0.268. The highest BCUT2D eigenvalue weighted by Crippen LogP contribution is 2.60. The average Bonchev–Trinajstić information content (AvgIpc) is 2.70. The number of nitrogens with one attached hydrogen (secondary N) is 1. The van der Waals surface area contributed by atoms with Crippen molar-refractivity contribution in [3.05, 3.63) is 0 Å². The molecule has 1 nitrogen and oxygen atoms in total. The number of rotatable bonds is 6. The minimum Gasteiger partial charge on any atom is -0.312 e. The molecule has 0 aromatic heterocycles. The maximum atomic E-state index is 3.69. The van der Waals surface area contributed by atoms with Gasteiger partial charge in [-0.2, -0.15) is 0 Å². The van der Waals surface area contributed by atoms with Crippen LogP contribution in [0.2, 0.25) is 0 Å². The summed E-state index contributed by atoms with van der Waals surface area (Å²) in [5, 5.41) is 3.69. The SMILES string of the molecule is CC(C)CC1(CC(C)C)CC1CNC(C)(C)C. The molecule has 1 aliphatic carbocycles. The summed E-state index contributed by atoms with van der Waals surface area (Å²) >= 11 is 0. The molecule has 0 radical (unpaired) electrons. The Morgan fingerprint density at radius 2 is 1.53 bits per heavy atom. The predicted molar refractivity (Wildman–Crippen MR) is 77.2 cm³/mol. The van der Waals surface area contributed by atoms with Crippen LogP contribution in [0, 0.1) is 23.2 Å². The first-order valence-electron chi connectivity index (χ1n) is 7.40. The van der Waals surface area contributed by atoms with E-state index in [0.717, 1.165) is 17.8 Å². The Morgan fingerprint density at radius 3 is 1.88 bits per heavy atom. The van der Waals surface area contributed by atoms with E-state index < -0.39 is 0 Å². The normalized spacial score (nSPS) is 23.5. The smallest absolute Gasteiger partial charge is 0.00966 e. The van der Waals surface area contributed by atoms with Gasteiger partial charge in [0.25, 0.3) is 0 Å². The lowest BCUT2D eigenvalue weighted by Gasteiger charge is -2.25. The summed E-state index contributed by atoms with van der Waals surface area (Å²) in [6.45, 7) is 17.5. The van der Waals surface area contributed by atoms with Crippen LogP contribution in [0.1, 0.15) is 67.7 Å². The van der Waals surface area contributed by atoms with Gasteiger partial charge in [-0.1, -0.05) is 27.7 Å². The zero-order valence-electron chi connectivity index (χ0n) is 13.1. The second kappa shape index (κ2) is 5.30. The largest absolute Gasteiger partial charge is 0.312 e. The molecule has 17 heavy (non-hydrogen) atoms. The van der Waals surface area contributed by atoms with Gasteiger partial charge in [-0.25, -0.2) is 0 Å². The Hall–Kier alpha value is -0.0400. The van der Waals surface area contributed by atoms with E-state index in [9.17, 15) is 0 Å². The first-order valence-corrected chi connectivity index (χ1v) is 7.40. The van der Waals surface area contributed by atoms with Crippen molar-refractivity contribution in [1.82, 2.24) is 5.32 Å². The molecular formula is C16H33N. The van der Waals surface area contributed by atoms with E-state index in [1.165, 1.54) is 25.8 Å². The minimum absolute atomic E-state index is 0.268. The van der Waals surface area contributed by atoms with Crippen LogP contribution in [-0.2, 0) is 0 Å². The Labute approximate surface area is 109 Å². The molecule has 0 aromatic rings. The van der Waals surface area contributed by atoms with Crippen molar-refractivity contribution in [2.75, 3.05) is 6.54 Å². The Bertz CT molecular complexity index is 224. The summed E-state index contributed by atoms with van der Waals surface area (Å²) in [6, 6.07) is 0. The summed E-state index contributed by atoms with van der Waals surface area (Å²) in [5.41, 5.74) is 0.935. The predicted octanol–water partition coefficient (Wildman–Crippen LogP) is 4.47. The van der Waals surface area contributed by atoms with Crippen LogP contribution < -0.4 is 5.32 Å². The third-order valence-corrected chi connectivity index (χ3v) is 3.87. The maximum absolute atomic E-state index is 3.69. The quantitative estimate of drug-likeness (QED) is 0.721. The molecule has 1 aliphatic rings. The molecule has 0 saturated heterocycles. The van der Waals surface area contributed by atoms with Crippen molar-refractivity contribution in [1.29, 1.82) is 0 Å². The van der Waals surface area contributed by atoms with Crippen molar-refractivity contribution in [2.45, 2.75) is 73.3 Å². The summed E-state index contributed by atoms with van der Waals surface area (Å²) in [7, 11) is 0. The molecule has 1 unspecified atom stereocenters. The number of hydrogen-bond donors (Lipinski definition) is 1. The molecule has 1 N–H and O–H groups in total. The molecule has 1 atom stereocenters. The van der Waals surface area contributed by atoms with E-state index in [0.29, 0.717) is 5.41 Å². The van der Waals surface area contributed by atoms with Crippen molar-refractivity contribution in [3.63, 3.8) is 0 Å². The molecule has 1 saturated carbocycles. The number of hydrogen-bond acceptors (Lipinski definition) is 1. The van der Waals surface area contributed by atoms with Crippen LogP contribution in [0.15, 0.2) is 0 Å². The highest BCUT2D eigenvalue weighted by atomic mass is 15.0. The second-order valence-electron chi connectivity index (χ2n) is 8.09. The van der Waals surface area contributed by atoms with Gasteiger partial charge in [0.2, 0.25) is 0 Å². The lowest BCUT2D eigenvalue weighted by Crippen LogP contribution is -2.38. The van der Waals surface area contributed by atoms with Gasteiger partial charge >= 0.3 is 0 Å². The molecule has 0 bridgehead atoms. The molecule has 1 rings (SSSR count). The zero-order chi connectivity index (χ0) is 13.3. The van der Waals surface area contributed by atoms with Gasteiger partial charge in [0.1, 0.15) is 0 Å². The average molecular weight is 239 g/mol. The lowest BCUT2D eigenvalue weighted by atomic mass is 9.84. The van der Waals surface area contributed by atoms with Gasteiger partial charge in [0.15, 0.2) is 0 Å². The third kappa shape index (κ3) is 4.99. The lowest BCUT2D eigenvalue weighted by molar-refractivity contribution is 0.282. The standard InChI is InChI=1S/C16H33N/c1-12(2)8-16(9-13(3)4)10-14(16)11-17-15(5,6)7/h12-14,17H,8-11H2,1-7H3. The van der Waals surface area contributed by atoms with Gasteiger partial charge in [-0.15, -0.1) is 0 Å². The van der Waals surface area contributed by atoms with E-state index in [-0.39, 0.29) is 5.54 Å². The van der Waals surface area contributed by atoms with Crippen molar-refractivity contribution in [2.24, 2.45) is 23.2 Å². The van der Waals surface area contributed by atoms with E-state index in [1.54, 1.807) is 0 Å². The first kappa shape index (κ1) is 15.0. The topological polar surface area (TPSA) is 12.0 Å². The van der Waals surface area contributed by atoms with Crippen LogP contribution in [0.4, 0.5) is 0 Å². The van der Waals surface area contributed by atoms with Crippen molar-refractivity contribution < 1.29 is 0 Å². The molecule has 102 valence electrons. The van der Waals surface area contributed by atoms with Crippen LogP contribution in [0.3, 0.4) is 0 Å². The van der Waals surface area contributed by atoms with E-state index in [4.69, 9.17) is 0 Å². The third-order valence-electron chi connectivity index (χ3n) is 3.87. The first-order chi connectivity index (χ1) is 7.65. The summed E-state index contributed by atoms with van der Waals surface area (Å²) in [4.78, 5) is 0. The van der Waals surface area contributed by atoms with Gasteiger partial charge in [0, 0.05) is 5.54 Å². The Morgan fingerprint density at radius 1 is 1.06 bits per heavy atom. The zero-order valence-corrected chi connectivity index (χ0v) is 13.1. The molecule has 0 aliphatic heterocycles. The molecular weight excluding hydrogens is 206 g/mol. The monoisotopic (exact) mass is 239 g/mol. The summed E-state index contributed by atoms with van der Waals surface area (Å²) in [6.07, 6.45) is 4.29. The van der Waals surface area contributed by atoms with Gasteiger partial charge in [0.05, 0.1) is 0 Å². The van der Waals surface area contributed by atoms with Crippen LogP contribution >= 0.6 is 0 Å². The van der Waals surface area contributed by atoms with E-state index in [2.05, 4.69) is 53.8 Å². The summed E-state index contributed by atoms with van der Waals surface area (Å²) < 4.78 is 0. The Balaban J connectivity index is 2.47. The van der Waals surface area contributed by atoms with Gasteiger partial charge in [-0.05, 0) is 69.7 Å². The van der Waals surface area contributed by atoms with Crippen LogP contribution in [-0.4, -0.2) is 12.1 Å². The fourth-order valence-electron chi connectivity index (χ4n) is 3.36.